The lowest BCUT2D eigenvalue weighted by Crippen LogP contribution is -2.82. The van der Waals surface area contributed by atoms with E-state index in [0.29, 0.717) is 34.8 Å². The third-order valence-electron chi connectivity index (χ3n) is 18.9. The van der Waals surface area contributed by atoms with Gasteiger partial charge < -0.3 is 47.7 Å². The Balaban J connectivity index is 1.61. The highest BCUT2D eigenvalue weighted by Crippen LogP contribution is 2.65. The molecule has 16 nitrogen and oxygen atoms in total. The smallest absolute Gasteiger partial charge is 0.408 e. The number of benzene rings is 2. The molecule has 440 valence electrons. The summed E-state index contributed by atoms with van der Waals surface area (Å²) in [6.07, 6.45) is -6.64. The van der Waals surface area contributed by atoms with Gasteiger partial charge >= 0.3 is 30.0 Å². The molecule has 2 saturated carbocycles. The molecule has 2 N–H and O–H groups in total. The third-order valence-corrected chi connectivity index (χ3v) is 29.6. The summed E-state index contributed by atoms with van der Waals surface area (Å²) in [5.74, 6) is -5.36. The number of carbonyl (C=O) groups excluding carboxylic acids is 6. The second kappa shape index (κ2) is 23.3. The van der Waals surface area contributed by atoms with E-state index < -0.39 is 135 Å². The first-order valence-corrected chi connectivity index (χ1v) is 33.6. The van der Waals surface area contributed by atoms with Crippen molar-refractivity contribution in [1.82, 2.24) is 5.32 Å². The second-order valence-corrected chi connectivity index (χ2v) is 35.7. The molecule has 1 spiro atoms. The van der Waals surface area contributed by atoms with Gasteiger partial charge in [-0.15, -0.1) is 0 Å². The monoisotopic (exact) mass is 1140 g/mol. The average molecular weight is 1140 g/mol. The van der Waals surface area contributed by atoms with Crippen LogP contribution >= 0.6 is 0 Å². The van der Waals surface area contributed by atoms with Crippen molar-refractivity contribution in [1.29, 1.82) is 0 Å². The SMILES string of the molecule is CC[Si](CC)(CC)O[C@H]1C[C@H]2OC[C@]23OC(=O)C/C=C/c2ccccc2[C@H](NC(=O)OC(C)(C)C)[C@@H](O[Si](C(C)C)(C(C)C)C(C)C)C(=O)O[C@H]2C[C@@]4(O)[C@@H](OC(=O)c5ccccc5)[C@H]3[C@]1(C)C(=O)[C@H](OC(C)=O)C(=C2C)C4(C)C. The second-order valence-electron chi connectivity index (χ2n) is 25.6. The molecule has 2 aromatic rings. The summed E-state index contributed by atoms with van der Waals surface area (Å²) in [4.78, 5) is 91.1. The van der Waals surface area contributed by atoms with Crippen LogP contribution in [0.2, 0.25) is 34.8 Å². The lowest BCUT2D eigenvalue weighted by Gasteiger charge is -2.68. The molecule has 4 bridgehead atoms. The number of amides is 1. The van der Waals surface area contributed by atoms with E-state index >= 15 is 14.4 Å². The average Bonchev–Trinajstić information content (AvgIpc) is 3.50. The number of hydrogen-bond donors (Lipinski definition) is 2. The molecule has 3 fully saturated rings. The van der Waals surface area contributed by atoms with E-state index in [0.717, 1.165) is 0 Å². The summed E-state index contributed by atoms with van der Waals surface area (Å²) >= 11 is 0. The molecule has 18 heteroatoms. The highest BCUT2D eigenvalue weighted by Gasteiger charge is 2.79. The molecule has 1 amide bonds. The largest absolute Gasteiger partial charge is 0.456 e. The molecule has 2 aliphatic heterocycles. The molecule has 7 rings (SSSR count). The van der Waals surface area contributed by atoms with Crippen molar-refractivity contribution in [2.45, 2.75) is 231 Å². The van der Waals surface area contributed by atoms with Crippen LogP contribution in [0.15, 0.2) is 71.8 Å². The Morgan fingerprint density at radius 3 is 2.00 bits per heavy atom. The van der Waals surface area contributed by atoms with Crippen LogP contribution in [-0.2, 0) is 56.5 Å². The van der Waals surface area contributed by atoms with Gasteiger partial charge in [-0.3, -0.25) is 14.4 Å². The Hall–Kier alpha value is -4.99. The number of Topliss-reactive ketones (excluding diaryl/α,β-unsaturated/α-hetero) is 1. The quantitative estimate of drug-likeness (QED) is 0.0780. The van der Waals surface area contributed by atoms with Gasteiger partial charge in [-0.05, 0) is 104 Å². The maximum absolute atomic E-state index is 16.8. The molecule has 2 aromatic carbocycles. The Labute approximate surface area is 476 Å². The zero-order valence-electron chi connectivity index (χ0n) is 50.3. The van der Waals surface area contributed by atoms with E-state index in [9.17, 15) is 19.5 Å². The van der Waals surface area contributed by atoms with Crippen molar-refractivity contribution in [3.63, 3.8) is 0 Å². The number of nitrogens with one attached hydrogen (secondary N) is 1. The number of rotatable bonds is 14. The van der Waals surface area contributed by atoms with Crippen LogP contribution < -0.4 is 5.32 Å². The minimum absolute atomic E-state index is 0.0670. The molecule has 0 aromatic heterocycles. The minimum Gasteiger partial charge on any atom is -0.456 e. The highest BCUT2D eigenvalue weighted by atomic mass is 28.4. The van der Waals surface area contributed by atoms with Crippen LogP contribution in [0.25, 0.3) is 6.08 Å². The van der Waals surface area contributed by atoms with Crippen molar-refractivity contribution in [3.8, 4) is 0 Å². The van der Waals surface area contributed by atoms with Gasteiger partial charge in [-0.25, -0.2) is 14.4 Å². The Bertz CT molecular complexity index is 2700. The van der Waals surface area contributed by atoms with Gasteiger partial charge in [-0.1, -0.05) is 131 Å². The van der Waals surface area contributed by atoms with Crippen molar-refractivity contribution >= 4 is 58.5 Å². The summed E-state index contributed by atoms with van der Waals surface area (Å²) in [6.45, 7) is 31.5. The summed E-state index contributed by atoms with van der Waals surface area (Å²) < 4.78 is 54.3. The molecular weight excluding hydrogens is 1050 g/mol. The number of ketones is 1. The van der Waals surface area contributed by atoms with Gasteiger partial charge in [0.1, 0.15) is 29.5 Å². The predicted molar refractivity (Wildman–Crippen MR) is 307 cm³/mol. The lowest BCUT2D eigenvalue weighted by molar-refractivity contribution is -0.345. The van der Waals surface area contributed by atoms with Crippen molar-refractivity contribution < 1.29 is 71.1 Å². The van der Waals surface area contributed by atoms with Gasteiger partial charge in [0, 0.05) is 25.2 Å². The van der Waals surface area contributed by atoms with E-state index in [2.05, 4.69) is 67.6 Å². The number of hydrogen-bond acceptors (Lipinski definition) is 15. The summed E-state index contributed by atoms with van der Waals surface area (Å²) in [6, 6.07) is 16.2. The fourth-order valence-corrected chi connectivity index (χ4v) is 23.0. The highest BCUT2D eigenvalue weighted by molar-refractivity contribution is 6.77. The van der Waals surface area contributed by atoms with Crippen LogP contribution in [0.5, 0.6) is 0 Å². The van der Waals surface area contributed by atoms with Crippen molar-refractivity contribution in [2.75, 3.05) is 6.61 Å². The zero-order chi connectivity index (χ0) is 59.3. The van der Waals surface area contributed by atoms with Gasteiger partial charge in [-0.2, -0.15) is 0 Å². The maximum atomic E-state index is 16.8. The Morgan fingerprint density at radius 2 is 1.45 bits per heavy atom. The minimum atomic E-state index is -3.14. The molecule has 1 saturated heterocycles. The standard InChI is InChI=1S/C62H89NO15Si2/c1-18-79(19-2,20-3)77-45-33-46-61(35-71-46)52-54(74-55(67)42-28-22-21-23-29-42)62(70)34-44(39(10)48(59(62,15)16)50(72-40(11)64)53(66)60(45,52)17)73-56(68)51(78-80(36(4)5,37(6)7)38(8)9)49(63-57(69)76-58(12,13)14)43-31-25-24-27-41(43)30-26-32-47(65)75-61/h21-31,36-38,44-46,49-52,54,70H,18-20,32-35H2,1-17H3,(H,63,69)/b30-26+/t44-,45-,46+,49-,50+,51+,52-,54-,60+,61-,62+/m0/s1. The van der Waals surface area contributed by atoms with Crippen LogP contribution in [0.1, 0.15) is 164 Å². The van der Waals surface area contributed by atoms with E-state index in [1.165, 1.54) is 6.92 Å². The third kappa shape index (κ3) is 11.1. The van der Waals surface area contributed by atoms with E-state index in [-0.39, 0.29) is 47.2 Å². The van der Waals surface area contributed by atoms with E-state index in [1.807, 2.05) is 0 Å². The topological polar surface area (TPSA) is 209 Å². The number of aliphatic hydroxyl groups is 1. The first-order valence-electron chi connectivity index (χ1n) is 28.9. The Morgan fingerprint density at radius 1 is 0.850 bits per heavy atom. The number of carbonyl (C=O) groups is 6. The van der Waals surface area contributed by atoms with Crippen LogP contribution in [0, 0.1) is 16.7 Å². The van der Waals surface area contributed by atoms with Gasteiger partial charge in [0.2, 0.25) is 8.32 Å². The molecule has 0 unspecified atom stereocenters. The van der Waals surface area contributed by atoms with Gasteiger partial charge in [0.15, 0.2) is 31.9 Å². The number of fused-ring (bicyclic) bond motifs is 3. The molecule has 3 aliphatic carbocycles. The van der Waals surface area contributed by atoms with Crippen LogP contribution in [0.3, 0.4) is 0 Å². The fourth-order valence-electron chi connectivity index (χ4n) is 14.5. The molecule has 0 radical (unpaired) electrons. The van der Waals surface area contributed by atoms with Crippen LogP contribution in [-0.4, -0.2) is 118 Å². The van der Waals surface area contributed by atoms with Gasteiger partial charge in [0.05, 0.1) is 42.1 Å². The maximum Gasteiger partial charge on any atom is 0.408 e. The fraction of sp³-hybridized carbons (Fsp3) is 0.645. The normalized spacial score (nSPS) is 31.2. The molecular formula is C62H89NO15Si2. The number of alkyl carbamates (subject to hydrolysis) is 1. The van der Waals surface area contributed by atoms with E-state index in [4.69, 9.17) is 37.3 Å². The summed E-state index contributed by atoms with van der Waals surface area (Å²) in [7, 11) is -5.83. The van der Waals surface area contributed by atoms with Crippen molar-refractivity contribution in [3.05, 3.63) is 88.5 Å². The molecule has 5 aliphatic rings. The number of esters is 4. The zero-order valence-corrected chi connectivity index (χ0v) is 52.3. The van der Waals surface area contributed by atoms with Gasteiger partial charge in [0.25, 0.3) is 0 Å². The summed E-state index contributed by atoms with van der Waals surface area (Å²) in [5, 5.41) is 17.6. The van der Waals surface area contributed by atoms with E-state index in [1.54, 1.807) is 115 Å². The first kappa shape index (κ1) is 62.6. The molecule has 80 heavy (non-hydrogen) atoms. The van der Waals surface area contributed by atoms with Crippen molar-refractivity contribution in [2.24, 2.45) is 16.7 Å². The summed E-state index contributed by atoms with van der Waals surface area (Å²) in [5.41, 5.74) is -7.24. The number of ether oxygens (including phenoxy) is 6. The molecule has 2 heterocycles. The first-order chi connectivity index (χ1) is 37.3. The lowest BCUT2D eigenvalue weighted by atomic mass is 9.44. The Kier molecular flexibility index (Phi) is 18.3. The predicted octanol–water partition coefficient (Wildman–Crippen LogP) is 11.5. The molecule has 11 atom stereocenters. The van der Waals surface area contributed by atoms with Crippen LogP contribution in [0.4, 0.5) is 4.79 Å².